The van der Waals surface area contributed by atoms with Crippen LogP contribution in [0.1, 0.15) is 37.4 Å². The molecule has 0 aliphatic carbocycles. The van der Waals surface area contributed by atoms with Crippen LogP contribution in [0.15, 0.2) is 0 Å². The van der Waals surface area contributed by atoms with Crippen LogP contribution in [0.3, 0.4) is 0 Å². The number of aliphatic carboxylic acids is 1. The lowest BCUT2D eigenvalue weighted by Crippen LogP contribution is -2.55. The number of amides is 1. The summed E-state index contributed by atoms with van der Waals surface area (Å²) in [6.07, 6.45) is 2.28. The number of carboxylic acids is 1. The number of likely N-dealkylation sites (tertiary alicyclic amines) is 2. The van der Waals surface area contributed by atoms with Crippen LogP contribution >= 0.6 is 11.6 Å². The van der Waals surface area contributed by atoms with Gasteiger partial charge in [0, 0.05) is 45.7 Å². The van der Waals surface area contributed by atoms with Gasteiger partial charge in [0.25, 0.3) is 0 Å². The van der Waals surface area contributed by atoms with E-state index in [1.807, 2.05) is 7.05 Å². The third-order valence-electron chi connectivity index (χ3n) is 5.96. The second kappa shape index (κ2) is 6.61. The van der Waals surface area contributed by atoms with Gasteiger partial charge in [-0.25, -0.2) is 0 Å². The Morgan fingerprint density at radius 3 is 2.56 bits per heavy atom. The van der Waals surface area contributed by atoms with Gasteiger partial charge in [-0.05, 0) is 19.3 Å². The SMILES string of the molecule is CCc1nn(C)c(Cl)c1CN1CCC2(CC1)[C@H](C(=O)O)CC(=O)N2C. The highest BCUT2D eigenvalue weighted by Gasteiger charge is 2.55. The van der Waals surface area contributed by atoms with E-state index in [1.165, 1.54) is 0 Å². The molecule has 0 bridgehead atoms. The van der Waals surface area contributed by atoms with E-state index in [4.69, 9.17) is 11.6 Å². The molecular formula is C17H25ClN4O3. The third kappa shape index (κ3) is 2.93. The second-order valence-corrected chi connectivity index (χ2v) is 7.48. The van der Waals surface area contributed by atoms with Crippen molar-refractivity contribution < 1.29 is 14.7 Å². The van der Waals surface area contributed by atoms with Crippen molar-refractivity contribution in [1.29, 1.82) is 0 Å². The van der Waals surface area contributed by atoms with Gasteiger partial charge < -0.3 is 10.0 Å². The van der Waals surface area contributed by atoms with Gasteiger partial charge in [0.2, 0.25) is 5.91 Å². The zero-order valence-electron chi connectivity index (χ0n) is 15.0. The number of piperidine rings is 1. The first-order valence-corrected chi connectivity index (χ1v) is 9.10. The Morgan fingerprint density at radius 1 is 1.36 bits per heavy atom. The summed E-state index contributed by atoms with van der Waals surface area (Å²) in [5.41, 5.74) is 1.50. The molecule has 0 radical (unpaired) electrons. The molecule has 3 rings (SSSR count). The summed E-state index contributed by atoms with van der Waals surface area (Å²) in [5.74, 6) is -1.54. The molecule has 2 saturated heterocycles. The number of aryl methyl sites for hydroxylation is 2. The Hall–Kier alpha value is -1.60. The minimum atomic E-state index is -0.866. The van der Waals surface area contributed by atoms with E-state index in [0.29, 0.717) is 24.5 Å². The van der Waals surface area contributed by atoms with E-state index in [0.717, 1.165) is 30.8 Å². The maximum absolute atomic E-state index is 12.1. The van der Waals surface area contributed by atoms with Crippen LogP contribution in [-0.4, -0.2) is 62.2 Å². The Labute approximate surface area is 152 Å². The maximum Gasteiger partial charge on any atom is 0.309 e. The molecule has 2 aliphatic heterocycles. The summed E-state index contributed by atoms with van der Waals surface area (Å²) in [6, 6.07) is 0. The predicted molar refractivity (Wildman–Crippen MR) is 93.4 cm³/mol. The van der Waals surface area contributed by atoms with Gasteiger partial charge in [0.05, 0.1) is 17.2 Å². The Bertz CT molecular complexity index is 694. The number of halogens is 1. The highest BCUT2D eigenvalue weighted by molar-refractivity contribution is 6.30. The molecule has 1 aromatic heterocycles. The Morgan fingerprint density at radius 2 is 2.00 bits per heavy atom. The molecule has 3 heterocycles. The lowest BCUT2D eigenvalue weighted by molar-refractivity contribution is -0.146. The van der Waals surface area contributed by atoms with Gasteiger partial charge >= 0.3 is 5.97 Å². The molecule has 1 atom stereocenters. The quantitative estimate of drug-likeness (QED) is 0.872. The van der Waals surface area contributed by atoms with Crippen molar-refractivity contribution in [3.8, 4) is 0 Å². The first-order valence-electron chi connectivity index (χ1n) is 8.72. The van der Waals surface area contributed by atoms with Crippen molar-refractivity contribution in [1.82, 2.24) is 19.6 Å². The molecule has 138 valence electrons. The molecule has 0 saturated carbocycles. The van der Waals surface area contributed by atoms with Gasteiger partial charge in [-0.2, -0.15) is 5.10 Å². The van der Waals surface area contributed by atoms with E-state index in [2.05, 4.69) is 16.9 Å². The summed E-state index contributed by atoms with van der Waals surface area (Å²) >= 11 is 6.38. The van der Waals surface area contributed by atoms with E-state index < -0.39 is 17.4 Å². The van der Waals surface area contributed by atoms with Crippen molar-refractivity contribution in [3.63, 3.8) is 0 Å². The first kappa shape index (κ1) is 18.2. The van der Waals surface area contributed by atoms with Crippen LogP contribution in [0, 0.1) is 5.92 Å². The van der Waals surface area contributed by atoms with Gasteiger partial charge in [-0.1, -0.05) is 18.5 Å². The number of aromatic nitrogens is 2. The highest BCUT2D eigenvalue weighted by Crippen LogP contribution is 2.43. The number of hydrogen-bond donors (Lipinski definition) is 1. The zero-order valence-corrected chi connectivity index (χ0v) is 15.7. The average Bonchev–Trinajstić information content (AvgIpc) is 3.00. The summed E-state index contributed by atoms with van der Waals surface area (Å²) in [7, 11) is 3.58. The van der Waals surface area contributed by atoms with E-state index in [1.54, 1.807) is 16.6 Å². The number of nitrogens with zero attached hydrogens (tertiary/aromatic N) is 4. The average molecular weight is 369 g/mol. The fourth-order valence-corrected chi connectivity index (χ4v) is 4.55. The minimum Gasteiger partial charge on any atom is -0.481 e. The van der Waals surface area contributed by atoms with Gasteiger partial charge in [0.1, 0.15) is 5.15 Å². The molecule has 8 heteroatoms. The molecule has 0 aromatic carbocycles. The molecule has 1 N–H and O–H groups in total. The lowest BCUT2D eigenvalue weighted by atomic mass is 9.77. The van der Waals surface area contributed by atoms with Gasteiger partial charge in [-0.3, -0.25) is 19.2 Å². The van der Waals surface area contributed by atoms with Crippen molar-refractivity contribution in [2.45, 2.75) is 44.7 Å². The van der Waals surface area contributed by atoms with Crippen molar-refractivity contribution in [2.75, 3.05) is 20.1 Å². The summed E-state index contributed by atoms with van der Waals surface area (Å²) < 4.78 is 1.70. The second-order valence-electron chi connectivity index (χ2n) is 7.12. The van der Waals surface area contributed by atoms with E-state index >= 15 is 0 Å². The monoisotopic (exact) mass is 368 g/mol. The molecular weight excluding hydrogens is 344 g/mol. The van der Waals surface area contributed by atoms with Crippen LogP contribution in [0.25, 0.3) is 0 Å². The molecule has 1 spiro atoms. The maximum atomic E-state index is 12.1. The Balaban J connectivity index is 1.74. The molecule has 2 aliphatic rings. The molecule has 25 heavy (non-hydrogen) atoms. The fraction of sp³-hybridized carbons (Fsp3) is 0.706. The lowest BCUT2D eigenvalue weighted by Gasteiger charge is -2.45. The standard InChI is InChI=1S/C17H25ClN4O3/c1-4-13-11(15(18)21(3)19-13)10-22-7-5-17(6-8-22)12(16(24)25)9-14(23)20(17)2/h12H,4-10H2,1-3H3,(H,24,25)/t12-/m0/s1. The number of hydrogen-bond acceptors (Lipinski definition) is 4. The van der Waals surface area contributed by atoms with Crippen LogP contribution in [0.4, 0.5) is 0 Å². The fourth-order valence-electron chi connectivity index (χ4n) is 4.35. The topological polar surface area (TPSA) is 78.7 Å². The van der Waals surface area contributed by atoms with Gasteiger partial charge in [-0.15, -0.1) is 0 Å². The van der Waals surface area contributed by atoms with Crippen LogP contribution in [0.2, 0.25) is 5.15 Å². The van der Waals surface area contributed by atoms with Crippen molar-refractivity contribution in [3.05, 3.63) is 16.4 Å². The number of carboxylic acid groups (broad SMARTS) is 1. The van der Waals surface area contributed by atoms with Crippen LogP contribution in [-0.2, 0) is 29.6 Å². The number of rotatable bonds is 4. The van der Waals surface area contributed by atoms with E-state index in [9.17, 15) is 14.7 Å². The highest BCUT2D eigenvalue weighted by atomic mass is 35.5. The molecule has 0 unspecified atom stereocenters. The van der Waals surface area contributed by atoms with Crippen LogP contribution < -0.4 is 0 Å². The van der Waals surface area contributed by atoms with Crippen molar-refractivity contribution >= 4 is 23.5 Å². The Kier molecular flexibility index (Phi) is 4.81. The smallest absolute Gasteiger partial charge is 0.309 e. The van der Waals surface area contributed by atoms with Crippen LogP contribution in [0.5, 0.6) is 0 Å². The molecule has 7 nitrogen and oxygen atoms in total. The van der Waals surface area contributed by atoms with Gasteiger partial charge in [0.15, 0.2) is 0 Å². The summed E-state index contributed by atoms with van der Waals surface area (Å²) in [4.78, 5) is 27.7. The van der Waals surface area contributed by atoms with Crippen molar-refractivity contribution in [2.24, 2.45) is 13.0 Å². The molecule has 2 fully saturated rings. The third-order valence-corrected chi connectivity index (χ3v) is 6.43. The molecule has 1 aromatic rings. The normalized spacial score (nSPS) is 23.6. The largest absolute Gasteiger partial charge is 0.481 e. The van der Waals surface area contributed by atoms with E-state index in [-0.39, 0.29) is 12.3 Å². The first-order chi connectivity index (χ1) is 11.8. The summed E-state index contributed by atoms with van der Waals surface area (Å²) in [6.45, 7) is 4.26. The zero-order chi connectivity index (χ0) is 18.4. The molecule has 1 amide bonds. The number of carbonyl (C=O) groups is 2. The number of carbonyl (C=O) groups excluding carboxylic acids is 1. The summed E-state index contributed by atoms with van der Waals surface area (Å²) in [5, 5.41) is 14.7. The predicted octanol–water partition coefficient (Wildman–Crippen LogP) is 1.53. The minimum absolute atomic E-state index is 0.0653.